The van der Waals surface area contributed by atoms with Gasteiger partial charge in [0, 0.05) is 18.1 Å². The second kappa shape index (κ2) is 7.58. The third kappa shape index (κ3) is 3.55. The van der Waals surface area contributed by atoms with Gasteiger partial charge in [0.25, 0.3) is 5.91 Å². The first-order chi connectivity index (χ1) is 12.6. The van der Waals surface area contributed by atoms with Crippen molar-refractivity contribution in [1.29, 1.82) is 5.26 Å². The van der Waals surface area contributed by atoms with E-state index in [1.54, 1.807) is 12.1 Å². The minimum absolute atomic E-state index is 0.0247. The second-order valence-electron chi connectivity index (χ2n) is 6.36. The predicted octanol–water partition coefficient (Wildman–Crippen LogP) is 2.69. The number of amides is 1. The highest BCUT2D eigenvalue weighted by Crippen LogP contribution is 2.29. The predicted molar refractivity (Wildman–Crippen MR) is 92.2 cm³/mol. The summed E-state index contributed by atoms with van der Waals surface area (Å²) in [5, 5.41) is 12.7. The van der Waals surface area contributed by atoms with E-state index >= 15 is 0 Å². The number of hydrogen-bond donors (Lipinski definition) is 1. The van der Waals surface area contributed by atoms with Gasteiger partial charge in [0.1, 0.15) is 11.1 Å². The van der Waals surface area contributed by atoms with Crippen molar-refractivity contribution < 1.29 is 23.5 Å². The molecule has 0 bridgehead atoms. The van der Waals surface area contributed by atoms with Crippen LogP contribution in [0.25, 0.3) is 11.0 Å². The summed E-state index contributed by atoms with van der Waals surface area (Å²) in [5.41, 5.74) is 0.285. The number of nitrogens with zero attached hydrogens (tertiary/aromatic N) is 1. The fourth-order valence-electron chi connectivity index (χ4n) is 3.29. The van der Waals surface area contributed by atoms with E-state index in [1.807, 2.05) is 12.1 Å². The maximum atomic E-state index is 12.4. The molecule has 1 saturated carbocycles. The number of benzene rings is 1. The summed E-state index contributed by atoms with van der Waals surface area (Å²) in [6.07, 6.45) is 3.02. The Balaban J connectivity index is 1.68. The number of nitriles is 1. The molecule has 7 nitrogen and oxygen atoms in total. The number of fused-ring (bicyclic) bond motifs is 1. The topological polar surface area (TPSA) is 102 Å². The highest BCUT2D eigenvalue weighted by Gasteiger charge is 2.35. The van der Waals surface area contributed by atoms with Gasteiger partial charge in [-0.3, -0.25) is 4.79 Å². The van der Waals surface area contributed by atoms with Crippen LogP contribution in [0.4, 0.5) is 0 Å². The van der Waals surface area contributed by atoms with Crippen LogP contribution in [-0.4, -0.2) is 31.1 Å². The van der Waals surface area contributed by atoms with Crippen LogP contribution < -0.4 is 5.32 Å². The number of methoxy groups -OCH3 is 1. The molecule has 2 aromatic rings. The zero-order valence-corrected chi connectivity index (χ0v) is 14.5. The van der Waals surface area contributed by atoms with Crippen molar-refractivity contribution in [3.05, 3.63) is 35.6 Å². The summed E-state index contributed by atoms with van der Waals surface area (Å²) >= 11 is 0. The third-order valence-electron chi connectivity index (χ3n) is 4.56. The summed E-state index contributed by atoms with van der Waals surface area (Å²) in [6.45, 7) is -0.281. The lowest BCUT2D eigenvalue weighted by Crippen LogP contribution is -2.46. The Kier molecular flexibility index (Phi) is 5.24. The first-order valence-electron chi connectivity index (χ1n) is 8.47. The monoisotopic (exact) mass is 356 g/mol. The molecule has 0 unspecified atom stereocenters. The number of ether oxygens (including phenoxy) is 2. The van der Waals surface area contributed by atoms with Crippen molar-refractivity contribution in [3.63, 3.8) is 0 Å². The van der Waals surface area contributed by atoms with E-state index in [0.29, 0.717) is 24.0 Å². The quantitative estimate of drug-likeness (QED) is 0.799. The average molecular weight is 356 g/mol. The Morgan fingerprint density at radius 3 is 2.73 bits per heavy atom. The number of nitrogens with one attached hydrogen (secondary N) is 1. The van der Waals surface area contributed by atoms with Gasteiger partial charge in [0.2, 0.25) is 5.76 Å². The highest BCUT2D eigenvalue weighted by molar-refractivity contribution is 5.96. The number of esters is 1. The normalized spacial score (nSPS) is 15.5. The number of rotatable bonds is 6. The SMILES string of the molecule is COCc1c(C(=O)OCC(=O)NC2(C#N)CCCC2)oc2ccccc12. The van der Waals surface area contributed by atoms with Crippen molar-refractivity contribution in [2.75, 3.05) is 13.7 Å². The fraction of sp³-hybridized carbons (Fsp3) is 0.421. The molecule has 3 rings (SSSR count). The molecular weight excluding hydrogens is 336 g/mol. The Morgan fingerprint density at radius 1 is 1.31 bits per heavy atom. The van der Waals surface area contributed by atoms with Crippen LogP contribution in [0.2, 0.25) is 0 Å². The van der Waals surface area contributed by atoms with E-state index in [1.165, 1.54) is 7.11 Å². The maximum Gasteiger partial charge on any atom is 0.375 e. The molecular formula is C19H20N2O5. The van der Waals surface area contributed by atoms with Crippen molar-refractivity contribution in [3.8, 4) is 6.07 Å². The molecule has 1 aromatic carbocycles. The van der Waals surface area contributed by atoms with E-state index in [2.05, 4.69) is 11.4 Å². The van der Waals surface area contributed by atoms with Crippen molar-refractivity contribution in [2.45, 2.75) is 37.8 Å². The highest BCUT2D eigenvalue weighted by atomic mass is 16.5. The smallest absolute Gasteiger partial charge is 0.375 e. The molecule has 1 heterocycles. The van der Waals surface area contributed by atoms with Crippen molar-refractivity contribution >= 4 is 22.8 Å². The van der Waals surface area contributed by atoms with Crippen molar-refractivity contribution in [1.82, 2.24) is 5.32 Å². The molecule has 0 aliphatic heterocycles. The maximum absolute atomic E-state index is 12.4. The minimum Gasteiger partial charge on any atom is -0.450 e. The number of carbonyl (C=O) groups is 2. The van der Waals surface area contributed by atoms with Crippen LogP contribution in [0.15, 0.2) is 28.7 Å². The Morgan fingerprint density at radius 2 is 2.04 bits per heavy atom. The van der Waals surface area contributed by atoms with Gasteiger partial charge in [-0.25, -0.2) is 4.79 Å². The molecule has 7 heteroatoms. The van der Waals surface area contributed by atoms with Gasteiger partial charge in [0.15, 0.2) is 6.61 Å². The molecule has 0 saturated heterocycles. The van der Waals surface area contributed by atoms with Crippen molar-refractivity contribution in [2.24, 2.45) is 0 Å². The second-order valence-corrected chi connectivity index (χ2v) is 6.36. The number of furan rings is 1. The lowest BCUT2D eigenvalue weighted by atomic mass is 10.00. The van der Waals surface area contributed by atoms with E-state index in [4.69, 9.17) is 13.9 Å². The molecule has 0 radical (unpaired) electrons. The van der Waals surface area contributed by atoms with Crippen LogP contribution in [0.1, 0.15) is 41.8 Å². The zero-order chi connectivity index (χ0) is 18.6. The molecule has 1 aromatic heterocycles. The third-order valence-corrected chi connectivity index (χ3v) is 4.56. The Bertz CT molecular complexity index is 858. The van der Waals surface area contributed by atoms with Crippen LogP contribution >= 0.6 is 0 Å². The van der Waals surface area contributed by atoms with Crippen LogP contribution in [0, 0.1) is 11.3 Å². The first-order valence-corrected chi connectivity index (χ1v) is 8.47. The molecule has 0 spiro atoms. The molecule has 1 amide bonds. The number of para-hydroxylation sites is 1. The minimum atomic E-state index is -0.843. The van der Waals surface area contributed by atoms with Gasteiger partial charge in [-0.1, -0.05) is 18.2 Å². The molecule has 136 valence electrons. The summed E-state index contributed by atoms with van der Waals surface area (Å²) in [5.74, 6) is -1.20. The molecule has 0 atom stereocenters. The van der Waals surface area contributed by atoms with Gasteiger partial charge < -0.3 is 19.2 Å². The van der Waals surface area contributed by atoms with E-state index in [0.717, 1.165) is 18.2 Å². The van der Waals surface area contributed by atoms with Gasteiger partial charge in [-0.2, -0.15) is 5.26 Å². The lowest BCUT2D eigenvalue weighted by molar-refractivity contribution is -0.125. The Hall–Kier alpha value is -2.85. The Labute approximate surface area is 150 Å². The van der Waals surface area contributed by atoms with Gasteiger partial charge in [-0.15, -0.1) is 0 Å². The van der Waals surface area contributed by atoms with Crippen LogP contribution in [0.3, 0.4) is 0 Å². The molecule has 26 heavy (non-hydrogen) atoms. The van der Waals surface area contributed by atoms with E-state index in [9.17, 15) is 14.9 Å². The van der Waals surface area contributed by atoms with Gasteiger partial charge in [-0.05, 0) is 31.7 Å². The first kappa shape index (κ1) is 18.0. The van der Waals surface area contributed by atoms with Gasteiger partial charge >= 0.3 is 5.97 Å². The summed E-state index contributed by atoms with van der Waals surface area (Å²) in [6, 6.07) is 9.37. The lowest BCUT2D eigenvalue weighted by Gasteiger charge is -2.21. The molecule has 1 aliphatic rings. The number of hydrogen-bond acceptors (Lipinski definition) is 6. The molecule has 1 fully saturated rings. The standard InChI is InChI=1S/C19H20N2O5/c1-24-10-14-13-6-2-3-7-15(13)26-17(14)18(23)25-11-16(22)21-19(12-20)8-4-5-9-19/h2-3,6-7H,4-5,8-11H2,1H3,(H,21,22). The number of carbonyl (C=O) groups excluding carboxylic acids is 2. The largest absolute Gasteiger partial charge is 0.450 e. The molecule has 1 aliphatic carbocycles. The van der Waals surface area contributed by atoms with Gasteiger partial charge in [0.05, 0.1) is 12.7 Å². The fourth-order valence-corrected chi connectivity index (χ4v) is 3.29. The summed E-state index contributed by atoms with van der Waals surface area (Å²) in [7, 11) is 1.52. The molecule has 1 N–H and O–H groups in total. The van der Waals surface area contributed by atoms with E-state index in [-0.39, 0.29) is 12.4 Å². The van der Waals surface area contributed by atoms with Crippen LogP contribution in [-0.2, 0) is 20.9 Å². The average Bonchev–Trinajstić information content (AvgIpc) is 3.26. The van der Waals surface area contributed by atoms with E-state index < -0.39 is 24.0 Å². The zero-order valence-electron chi connectivity index (χ0n) is 14.5. The summed E-state index contributed by atoms with van der Waals surface area (Å²) < 4.78 is 15.8. The summed E-state index contributed by atoms with van der Waals surface area (Å²) in [4.78, 5) is 24.5. The van der Waals surface area contributed by atoms with Crippen LogP contribution in [0.5, 0.6) is 0 Å².